The Morgan fingerprint density at radius 3 is 2.56 bits per heavy atom. The fourth-order valence-electron chi connectivity index (χ4n) is 5.14. The van der Waals surface area contributed by atoms with Gasteiger partial charge in [-0.05, 0) is 6.07 Å². The molecule has 2 fully saturated rings. The summed E-state index contributed by atoms with van der Waals surface area (Å²) in [5.41, 5.74) is 10.8. The van der Waals surface area contributed by atoms with Gasteiger partial charge in [0.25, 0.3) is 5.56 Å². The number of aromatic amines is 1. The molecule has 2 aliphatic rings. The van der Waals surface area contributed by atoms with Gasteiger partial charge in [0.1, 0.15) is 42.2 Å². The van der Waals surface area contributed by atoms with E-state index in [0.717, 1.165) is 10.9 Å². The van der Waals surface area contributed by atoms with Gasteiger partial charge in [-0.25, -0.2) is 24.1 Å². The summed E-state index contributed by atoms with van der Waals surface area (Å²) in [6, 6.07) is 1.65. The SMILES string of the molecule is Nc1nc2c(ncn2[C@@H]2O[C@H](COP(=O)(O)O)[C@@H](O)[C@H]2OP(=O)(O)OC[C@@H]2C[C@@H](O)[C@H](n3ccc4c(N)ncnc43)O2)c(=O)[nH]1. The van der Waals surface area contributed by atoms with Crippen molar-refractivity contribution in [2.24, 2.45) is 0 Å². The number of anilines is 2. The molecule has 4 aromatic rings. The minimum atomic E-state index is -5.06. The van der Waals surface area contributed by atoms with Crippen LogP contribution in [0.1, 0.15) is 18.9 Å². The Kier molecular flexibility index (Phi) is 8.27. The lowest BCUT2D eigenvalue weighted by Gasteiger charge is -2.24. The predicted molar refractivity (Wildman–Crippen MR) is 148 cm³/mol. The highest BCUT2D eigenvalue weighted by Crippen LogP contribution is 2.50. The number of imidazole rings is 1. The number of nitrogen functional groups attached to an aromatic ring is 2. The van der Waals surface area contributed by atoms with Gasteiger partial charge >= 0.3 is 15.6 Å². The van der Waals surface area contributed by atoms with Gasteiger partial charge in [0.2, 0.25) is 5.95 Å². The van der Waals surface area contributed by atoms with Gasteiger partial charge < -0.3 is 50.4 Å². The minimum absolute atomic E-state index is 0.00680. The molecule has 8 atom stereocenters. The average molecular weight is 675 g/mol. The second-order valence-electron chi connectivity index (χ2n) is 10.1. The molecule has 244 valence electrons. The summed E-state index contributed by atoms with van der Waals surface area (Å²) in [5, 5.41) is 22.1. The van der Waals surface area contributed by atoms with Crippen LogP contribution < -0.4 is 17.0 Å². The first kappa shape index (κ1) is 31.6. The normalized spacial score (nSPS) is 28.7. The third-order valence-corrected chi connectivity index (χ3v) is 8.57. The summed E-state index contributed by atoms with van der Waals surface area (Å²) in [6.45, 7) is -1.40. The molecule has 0 amide bonds. The third-order valence-electron chi connectivity index (χ3n) is 7.10. The number of nitrogens with one attached hydrogen (secondary N) is 1. The molecule has 10 N–H and O–H groups in total. The third kappa shape index (κ3) is 6.36. The summed E-state index contributed by atoms with van der Waals surface area (Å²) in [5.74, 6) is -0.0742. The Hall–Kier alpha value is -3.37. The Labute approximate surface area is 250 Å². The van der Waals surface area contributed by atoms with E-state index in [-0.39, 0.29) is 29.4 Å². The van der Waals surface area contributed by atoms with Crippen LogP contribution in [-0.2, 0) is 32.2 Å². The van der Waals surface area contributed by atoms with Gasteiger partial charge in [-0.2, -0.15) is 4.98 Å². The van der Waals surface area contributed by atoms with E-state index >= 15 is 0 Å². The smallest absolute Gasteiger partial charge is 0.388 e. The maximum absolute atomic E-state index is 13.1. The Balaban J connectivity index is 1.19. The number of rotatable bonds is 10. The molecule has 0 aromatic carbocycles. The number of ether oxygens (including phenoxy) is 2. The number of aliphatic hydroxyl groups excluding tert-OH is 2. The van der Waals surface area contributed by atoms with Crippen LogP contribution in [0, 0.1) is 0 Å². The van der Waals surface area contributed by atoms with Gasteiger partial charge in [0.05, 0.1) is 31.0 Å². The Bertz CT molecular complexity index is 1880. The number of aliphatic hydroxyl groups is 2. The number of nitrogens with two attached hydrogens (primary N) is 2. The zero-order valence-electron chi connectivity index (χ0n) is 22.7. The highest BCUT2D eigenvalue weighted by atomic mass is 31.2. The maximum atomic E-state index is 13.1. The van der Waals surface area contributed by atoms with Gasteiger partial charge in [-0.15, -0.1) is 0 Å². The molecule has 4 aromatic heterocycles. The first-order chi connectivity index (χ1) is 21.2. The summed E-state index contributed by atoms with van der Waals surface area (Å²) in [4.78, 5) is 59.3. The quantitative estimate of drug-likeness (QED) is 0.0863. The molecular weight excluding hydrogens is 648 g/mol. The van der Waals surface area contributed by atoms with Crippen LogP contribution in [0.25, 0.3) is 22.2 Å². The van der Waals surface area contributed by atoms with Crippen LogP contribution >= 0.6 is 15.6 Å². The number of aromatic nitrogens is 7. The highest BCUT2D eigenvalue weighted by Gasteiger charge is 2.50. The van der Waals surface area contributed by atoms with Crippen molar-refractivity contribution in [3.8, 4) is 0 Å². The summed E-state index contributed by atoms with van der Waals surface area (Å²) >= 11 is 0. The van der Waals surface area contributed by atoms with Crippen molar-refractivity contribution in [3.05, 3.63) is 35.3 Å². The van der Waals surface area contributed by atoms with E-state index in [1.807, 2.05) is 0 Å². The van der Waals surface area contributed by atoms with Crippen LogP contribution in [-0.4, -0.2) is 103 Å². The first-order valence-corrected chi connectivity index (χ1v) is 16.1. The molecule has 1 unspecified atom stereocenters. The Morgan fingerprint density at radius 2 is 1.80 bits per heavy atom. The summed E-state index contributed by atoms with van der Waals surface area (Å²) in [7, 11) is -10.1. The number of hydrogen-bond acceptors (Lipinski definition) is 16. The van der Waals surface area contributed by atoms with E-state index < -0.39 is 77.4 Å². The van der Waals surface area contributed by atoms with Crippen molar-refractivity contribution in [3.63, 3.8) is 0 Å². The predicted octanol–water partition coefficient (Wildman–Crippen LogP) is -1.75. The second kappa shape index (κ2) is 11.8. The molecule has 24 heteroatoms. The molecule has 6 rings (SSSR count). The molecule has 6 heterocycles. The largest absolute Gasteiger partial charge is 0.472 e. The minimum Gasteiger partial charge on any atom is -0.388 e. The molecule has 0 aliphatic carbocycles. The number of hydrogen-bond donors (Lipinski definition) is 8. The number of nitrogens with zero attached hydrogens (tertiary/aromatic N) is 6. The summed E-state index contributed by atoms with van der Waals surface area (Å²) < 4.78 is 53.4. The molecule has 0 spiro atoms. The van der Waals surface area contributed by atoms with E-state index in [1.54, 1.807) is 12.3 Å². The van der Waals surface area contributed by atoms with Gasteiger partial charge in [0.15, 0.2) is 23.6 Å². The van der Waals surface area contributed by atoms with E-state index in [9.17, 15) is 29.0 Å². The first-order valence-electron chi connectivity index (χ1n) is 13.0. The van der Waals surface area contributed by atoms with Crippen molar-refractivity contribution in [1.29, 1.82) is 0 Å². The lowest BCUT2D eigenvalue weighted by atomic mass is 10.1. The van der Waals surface area contributed by atoms with Crippen LogP contribution in [0.3, 0.4) is 0 Å². The number of phosphoric ester groups is 2. The lowest BCUT2D eigenvalue weighted by molar-refractivity contribution is -0.0586. The zero-order chi connectivity index (χ0) is 32.3. The average Bonchev–Trinajstić information content (AvgIpc) is 3.72. The number of fused-ring (bicyclic) bond motifs is 2. The lowest BCUT2D eigenvalue weighted by Crippen LogP contribution is -2.35. The van der Waals surface area contributed by atoms with Crippen LogP contribution in [0.15, 0.2) is 29.7 Å². The van der Waals surface area contributed by atoms with E-state index in [4.69, 9.17) is 39.8 Å². The van der Waals surface area contributed by atoms with Gasteiger partial charge in [-0.1, -0.05) is 0 Å². The van der Waals surface area contributed by atoms with Crippen molar-refractivity contribution >= 4 is 49.6 Å². The molecule has 0 bridgehead atoms. The zero-order valence-corrected chi connectivity index (χ0v) is 24.5. The monoisotopic (exact) mass is 675 g/mol. The van der Waals surface area contributed by atoms with E-state index in [2.05, 4.69) is 29.4 Å². The van der Waals surface area contributed by atoms with E-state index in [0.29, 0.717) is 11.0 Å². The molecule has 22 nitrogen and oxygen atoms in total. The van der Waals surface area contributed by atoms with Gasteiger partial charge in [0, 0.05) is 12.6 Å². The van der Waals surface area contributed by atoms with Crippen LogP contribution in [0.4, 0.5) is 11.8 Å². The fraction of sp³-hybridized carbons (Fsp3) is 0.476. The van der Waals surface area contributed by atoms with Crippen LogP contribution in [0.5, 0.6) is 0 Å². The van der Waals surface area contributed by atoms with Crippen molar-refractivity contribution in [2.75, 3.05) is 24.7 Å². The molecule has 0 saturated carbocycles. The number of H-pyrrole nitrogens is 1. The standard InChI is InChI=1S/C21H27N9O13P2/c22-15-9-1-2-29(16(9)25-6-24-15)19-10(31)3-8(41-19)4-40-45(37,38)43-14-13(32)11(5-39-44(34,35)36)42-20(14)30-7-26-12-17(30)27-21(23)28-18(12)33/h1-2,6-8,10-11,13-14,19-20,31-32H,3-5H2,(H,37,38)(H2,22,24,25)(H2,34,35,36)(H3,23,27,28,33)/t8-,10+,11+,13+,14+,19+,20+/m0/s1. The topological polar surface area (TPSA) is 328 Å². The highest BCUT2D eigenvalue weighted by molar-refractivity contribution is 7.47. The fourth-order valence-corrected chi connectivity index (χ4v) is 6.43. The molecule has 2 saturated heterocycles. The van der Waals surface area contributed by atoms with Crippen molar-refractivity contribution in [1.82, 2.24) is 34.1 Å². The molecule has 2 aliphatic heterocycles. The molecular formula is C21H27N9O13P2. The Morgan fingerprint density at radius 1 is 1.02 bits per heavy atom. The van der Waals surface area contributed by atoms with Gasteiger partial charge in [-0.3, -0.25) is 27.9 Å². The summed E-state index contributed by atoms with van der Waals surface area (Å²) in [6.07, 6.45) is -5.63. The van der Waals surface area contributed by atoms with E-state index in [1.165, 1.54) is 10.9 Å². The van der Waals surface area contributed by atoms with Crippen molar-refractivity contribution < 1.29 is 57.1 Å². The second-order valence-corrected chi connectivity index (χ2v) is 12.8. The van der Waals surface area contributed by atoms with Crippen LogP contribution in [0.2, 0.25) is 0 Å². The van der Waals surface area contributed by atoms with Crippen molar-refractivity contribution in [2.45, 2.75) is 49.4 Å². The maximum Gasteiger partial charge on any atom is 0.472 e. The molecule has 45 heavy (non-hydrogen) atoms. The molecule has 0 radical (unpaired) electrons. The number of phosphoric acid groups is 2.